The number of carbonyl (C=O) groups excluding carboxylic acids is 1. The van der Waals surface area contributed by atoms with Crippen LogP contribution in [0.3, 0.4) is 0 Å². The molecule has 3 aliphatic rings. The number of rotatable bonds is 0. The summed E-state index contributed by atoms with van der Waals surface area (Å²) in [6.45, 7) is 2.81. The van der Waals surface area contributed by atoms with Gasteiger partial charge < -0.3 is 9.64 Å². The molecule has 0 radical (unpaired) electrons. The zero-order valence-electron chi connectivity index (χ0n) is 9.37. The molecule has 1 amide bonds. The van der Waals surface area contributed by atoms with Crippen molar-refractivity contribution >= 4 is 17.6 Å². The van der Waals surface area contributed by atoms with E-state index in [1.165, 1.54) is 0 Å². The molecule has 1 aliphatic carbocycles. The van der Waals surface area contributed by atoms with Crippen LogP contribution in [0, 0.1) is 5.92 Å². The summed E-state index contributed by atoms with van der Waals surface area (Å²) in [7, 11) is 0. The number of allylic oxidation sites excluding steroid dienone is 3. The van der Waals surface area contributed by atoms with Crippen LogP contribution in [0.5, 0.6) is 0 Å². The summed E-state index contributed by atoms with van der Waals surface area (Å²) in [5.74, 6) is 0.117. The molecule has 0 saturated carbocycles. The van der Waals surface area contributed by atoms with Crippen LogP contribution in [-0.4, -0.2) is 48.8 Å². The van der Waals surface area contributed by atoms with E-state index in [1.54, 1.807) is 0 Å². The number of hydrogen-bond acceptors (Lipinski definition) is 4. The molecule has 0 aromatic rings. The van der Waals surface area contributed by atoms with Crippen molar-refractivity contribution in [2.24, 2.45) is 15.9 Å². The molecule has 1 unspecified atom stereocenters. The second kappa shape index (κ2) is 4.25. The molecule has 17 heavy (non-hydrogen) atoms. The minimum atomic E-state index is -0.287. The number of morpholine rings is 1. The Bertz CT molecular complexity index is 456. The molecular weight excluding hydrogens is 218 g/mol. The van der Waals surface area contributed by atoms with Crippen molar-refractivity contribution in [2.45, 2.75) is 0 Å². The lowest BCUT2D eigenvalue weighted by atomic mass is 9.97. The minimum absolute atomic E-state index is 0.128. The molecule has 0 spiro atoms. The highest BCUT2D eigenvalue weighted by Gasteiger charge is 2.28. The predicted octanol–water partition coefficient (Wildman–Crippen LogP) is 0.398. The number of ether oxygens (including phenoxy) is 1. The van der Waals surface area contributed by atoms with Gasteiger partial charge in [-0.05, 0) is 6.08 Å². The van der Waals surface area contributed by atoms with E-state index in [2.05, 4.69) is 9.98 Å². The molecule has 3 rings (SSSR count). The molecule has 1 saturated heterocycles. The fraction of sp³-hybridized carbons (Fsp3) is 0.417. The van der Waals surface area contributed by atoms with Crippen LogP contribution in [0.25, 0.3) is 0 Å². The van der Waals surface area contributed by atoms with Crippen molar-refractivity contribution in [1.82, 2.24) is 4.90 Å². The van der Waals surface area contributed by atoms with Gasteiger partial charge in [0.15, 0.2) is 0 Å². The molecule has 0 aromatic carbocycles. The van der Waals surface area contributed by atoms with Crippen LogP contribution in [0.1, 0.15) is 0 Å². The summed E-state index contributed by atoms with van der Waals surface area (Å²) in [5, 5.41) is 0. The normalized spacial score (nSPS) is 27.6. The summed E-state index contributed by atoms with van der Waals surface area (Å²) < 4.78 is 5.27. The average molecular weight is 231 g/mol. The van der Waals surface area contributed by atoms with Gasteiger partial charge in [-0.25, -0.2) is 4.99 Å². The van der Waals surface area contributed by atoms with Crippen LogP contribution in [0.4, 0.5) is 0 Å². The largest absolute Gasteiger partial charge is 0.378 e. The molecular formula is C12H13N3O2. The fourth-order valence-electron chi connectivity index (χ4n) is 2.06. The van der Waals surface area contributed by atoms with E-state index in [0.717, 1.165) is 18.8 Å². The third kappa shape index (κ3) is 1.93. The van der Waals surface area contributed by atoms with Gasteiger partial charge in [-0.2, -0.15) is 4.99 Å². The Morgan fingerprint density at radius 2 is 2.06 bits per heavy atom. The Labute approximate surface area is 99.2 Å². The summed E-state index contributed by atoms with van der Waals surface area (Å²) in [4.78, 5) is 22.4. The number of guanidine groups is 1. The van der Waals surface area contributed by atoms with Gasteiger partial charge in [-0.3, -0.25) is 4.79 Å². The number of aliphatic imine (C=N–C) groups is 2. The topological polar surface area (TPSA) is 54.3 Å². The van der Waals surface area contributed by atoms with Gasteiger partial charge in [-0.15, -0.1) is 0 Å². The maximum atomic E-state index is 11.9. The lowest BCUT2D eigenvalue weighted by Crippen LogP contribution is -2.43. The molecule has 0 aromatic heterocycles. The summed E-state index contributed by atoms with van der Waals surface area (Å²) in [5.41, 5.74) is 0.786. The number of fused-ring (bicyclic) bond motifs is 1. The lowest BCUT2D eigenvalue weighted by molar-refractivity contribution is -0.118. The Balaban J connectivity index is 1.87. The molecule has 1 atom stereocenters. The predicted molar refractivity (Wildman–Crippen MR) is 64.0 cm³/mol. The van der Waals surface area contributed by atoms with Crippen molar-refractivity contribution in [3.05, 3.63) is 24.3 Å². The van der Waals surface area contributed by atoms with E-state index in [1.807, 2.05) is 29.2 Å². The van der Waals surface area contributed by atoms with E-state index >= 15 is 0 Å². The molecule has 5 heteroatoms. The second-order valence-electron chi connectivity index (χ2n) is 4.11. The maximum Gasteiger partial charge on any atom is 0.261 e. The van der Waals surface area contributed by atoms with Gasteiger partial charge in [0.05, 0.1) is 18.9 Å². The third-order valence-electron chi connectivity index (χ3n) is 3.00. The van der Waals surface area contributed by atoms with E-state index in [-0.39, 0.29) is 11.8 Å². The Morgan fingerprint density at radius 3 is 2.88 bits per heavy atom. The quantitative estimate of drug-likeness (QED) is 0.606. The first kappa shape index (κ1) is 10.4. The monoisotopic (exact) mass is 231 g/mol. The Hall–Kier alpha value is -1.75. The van der Waals surface area contributed by atoms with Crippen molar-refractivity contribution in [1.29, 1.82) is 0 Å². The first-order chi connectivity index (χ1) is 8.34. The highest BCUT2D eigenvalue weighted by atomic mass is 16.5. The summed E-state index contributed by atoms with van der Waals surface area (Å²) >= 11 is 0. The number of amides is 1. The van der Waals surface area contributed by atoms with Gasteiger partial charge in [0.2, 0.25) is 5.96 Å². The first-order valence-electron chi connectivity index (χ1n) is 5.73. The van der Waals surface area contributed by atoms with Gasteiger partial charge >= 0.3 is 0 Å². The minimum Gasteiger partial charge on any atom is -0.378 e. The summed E-state index contributed by atoms with van der Waals surface area (Å²) in [6.07, 6.45) is 7.46. The highest BCUT2D eigenvalue weighted by molar-refractivity contribution is 6.20. The Morgan fingerprint density at radius 1 is 1.24 bits per heavy atom. The third-order valence-corrected chi connectivity index (χ3v) is 3.00. The first-order valence-corrected chi connectivity index (χ1v) is 5.73. The highest BCUT2D eigenvalue weighted by Crippen LogP contribution is 2.17. The van der Waals surface area contributed by atoms with Crippen LogP contribution < -0.4 is 0 Å². The SMILES string of the molecule is O=C1N=C(N2CCOCC2)N=C2C=CC=CC12. The van der Waals surface area contributed by atoms with Crippen molar-refractivity contribution in [3.63, 3.8) is 0 Å². The molecule has 1 fully saturated rings. The molecule has 2 aliphatic heterocycles. The number of hydrogen-bond donors (Lipinski definition) is 0. The second-order valence-corrected chi connectivity index (χ2v) is 4.11. The van der Waals surface area contributed by atoms with Crippen LogP contribution in [-0.2, 0) is 9.53 Å². The van der Waals surface area contributed by atoms with Crippen molar-refractivity contribution in [3.8, 4) is 0 Å². The molecule has 88 valence electrons. The molecule has 0 N–H and O–H groups in total. The Kier molecular flexibility index (Phi) is 2.60. The van der Waals surface area contributed by atoms with E-state index < -0.39 is 0 Å². The zero-order valence-corrected chi connectivity index (χ0v) is 9.37. The van der Waals surface area contributed by atoms with Gasteiger partial charge in [0.25, 0.3) is 5.91 Å². The van der Waals surface area contributed by atoms with E-state index in [4.69, 9.17) is 4.74 Å². The van der Waals surface area contributed by atoms with Crippen molar-refractivity contribution in [2.75, 3.05) is 26.3 Å². The van der Waals surface area contributed by atoms with Crippen molar-refractivity contribution < 1.29 is 9.53 Å². The van der Waals surface area contributed by atoms with Crippen LogP contribution in [0.2, 0.25) is 0 Å². The standard InChI is InChI=1S/C12H13N3O2/c16-11-9-3-1-2-4-10(9)13-12(14-11)15-5-7-17-8-6-15/h1-4,9H,5-8H2. The lowest BCUT2D eigenvalue weighted by Gasteiger charge is -2.29. The fourth-order valence-corrected chi connectivity index (χ4v) is 2.06. The maximum absolute atomic E-state index is 11.9. The van der Waals surface area contributed by atoms with Gasteiger partial charge in [-0.1, -0.05) is 18.2 Å². The molecule has 0 bridgehead atoms. The van der Waals surface area contributed by atoms with Gasteiger partial charge in [0.1, 0.15) is 5.92 Å². The number of nitrogens with zero attached hydrogens (tertiary/aromatic N) is 3. The van der Waals surface area contributed by atoms with E-state index in [9.17, 15) is 4.79 Å². The average Bonchev–Trinajstić information content (AvgIpc) is 2.40. The zero-order chi connectivity index (χ0) is 11.7. The molecule has 5 nitrogen and oxygen atoms in total. The van der Waals surface area contributed by atoms with Crippen LogP contribution >= 0.6 is 0 Å². The van der Waals surface area contributed by atoms with E-state index in [0.29, 0.717) is 19.2 Å². The van der Waals surface area contributed by atoms with Crippen LogP contribution in [0.15, 0.2) is 34.3 Å². The van der Waals surface area contributed by atoms with Gasteiger partial charge in [0, 0.05) is 13.1 Å². The smallest absolute Gasteiger partial charge is 0.261 e. The molecule has 2 heterocycles. The summed E-state index contributed by atoms with van der Waals surface area (Å²) in [6, 6.07) is 0. The number of carbonyl (C=O) groups is 1.